The van der Waals surface area contributed by atoms with Crippen LogP contribution in [0.15, 0.2) is 60.7 Å². The Kier molecular flexibility index (Phi) is 5.99. The average molecular weight is 362 g/mol. The predicted molar refractivity (Wildman–Crippen MR) is 107 cm³/mol. The first kappa shape index (κ1) is 18.4. The van der Waals surface area contributed by atoms with Crippen molar-refractivity contribution in [3.63, 3.8) is 0 Å². The van der Waals surface area contributed by atoms with E-state index in [0.717, 1.165) is 24.3 Å². The summed E-state index contributed by atoms with van der Waals surface area (Å²) in [5, 5.41) is 6.52. The van der Waals surface area contributed by atoms with Crippen molar-refractivity contribution in [1.29, 1.82) is 0 Å². The molecule has 0 aliphatic carbocycles. The summed E-state index contributed by atoms with van der Waals surface area (Å²) in [6, 6.07) is 18.8. The number of carbonyl (C=O) groups excluding carboxylic acids is 1. The zero-order chi connectivity index (χ0) is 19.1. The number of hydrogen-bond acceptors (Lipinski definition) is 6. The molecule has 1 heterocycles. The largest absolute Gasteiger partial charge is 0.465 e. The third kappa shape index (κ3) is 4.61. The molecule has 3 aromatic rings. The fraction of sp³-hybridized carbons (Fsp3) is 0.190. The molecular formula is C21H22N4O2. The van der Waals surface area contributed by atoms with Gasteiger partial charge >= 0.3 is 5.97 Å². The molecule has 0 amide bonds. The molecule has 6 heteroatoms. The predicted octanol–water partition coefficient (Wildman–Crippen LogP) is 4.50. The molecule has 2 N–H and O–H groups in total. The van der Waals surface area contributed by atoms with Gasteiger partial charge in [-0.3, -0.25) is 0 Å². The summed E-state index contributed by atoms with van der Waals surface area (Å²) in [7, 11) is 1.37. The van der Waals surface area contributed by atoms with Gasteiger partial charge in [-0.15, -0.1) is 0 Å². The third-order valence-corrected chi connectivity index (χ3v) is 3.91. The number of rotatable bonds is 7. The number of nitrogens with one attached hydrogen (secondary N) is 2. The van der Waals surface area contributed by atoms with Crippen molar-refractivity contribution >= 4 is 23.3 Å². The maximum atomic E-state index is 12.0. The molecule has 0 atom stereocenters. The molecule has 0 unspecified atom stereocenters. The second kappa shape index (κ2) is 8.80. The van der Waals surface area contributed by atoms with Gasteiger partial charge in [0.1, 0.15) is 11.6 Å². The lowest BCUT2D eigenvalue weighted by Crippen LogP contribution is -2.08. The van der Waals surface area contributed by atoms with Crippen LogP contribution in [0.25, 0.3) is 11.4 Å². The quantitative estimate of drug-likeness (QED) is 0.603. The van der Waals surface area contributed by atoms with E-state index in [0.29, 0.717) is 22.9 Å². The lowest BCUT2D eigenvalue weighted by Gasteiger charge is -2.13. The van der Waals surface area contributed by atoms with E-state index in [2.05, 4.69) is 27.5 Å². The average Bonchev–Trinajstić information content (AvgIpc) is 2.72. The van der Waals surface area contributed by atoms with E-state index in [1.54, 1.807) is 12.1 Å². The zero-order valence-electron chi connectivity index (χ0n) is 15.4. The molecule has 0 saturated heterocycles. The van der Waals surface area contributed by atoms with Gasteiger partial charge in [0.15, 0.2) is 5.82 Å². The summed E-state index contributed by atoms with van der Waals surface area (Å²) in [4.78, 5) is 21.2. The summed E-state index contributed by atoms with van der Waals surface area (Å²) >= 11 is 0. The van der Waals surface area contributed by atoms with E-state index in [-0.39, 0.29) is 0 Å². The van der Waals surface area contributed by atoms with Gasteiger partial charge in [0.25, 0.3) is 0 Å². The molecular weight excluding hydrogens is 340 g/mol. The molecule has 0 fully saturated rings. The van der Waals surface area contributed by atoms with Crippen LogP contribution in [0.2, 0.25) is 0 Å². The molecule has 0 bridgehead atoms. The minimum atomic E-state index is -0.403. The van der Waals surface area contributed by atoms with E-state index >= 15 is 0 Å². The number of esters is 1. The van der Waals surface area contributed by atoms with Crippen LogP contribution < -0.4 is 10.6 Å². The molecule has 138 valence electrons. The number of hydrogen-bond donors (Lipinski definition) is 2. The lowest BCUT2D eigenvalue weighted by molar-refractivity contribution is 0.0602. The first-order chi connectivity index (χ1) is 13.2. The van der Waals surface area contributed by atoms with Gasteiger partial charge in [0, 0.05) is 18.2 Å². The van der Waals surface area contributed by atoms with Crippen molar-refractivity contribution in [2.75, 3.05) is 24.3 Å². The van der Waals surface area contributed by atoms with Crippen molar-refractivity contribution in [2.45, 2.75) is 13.3 Å². The van der Waals surface area contributed by atoms with Gasteiger partial charge in [-0.05, 0) is 18.6 Å². The number of carbonyl (C=O) groups is 1. The molecule has 0 spiro atoms. The number of anilines is 3. The van der Waals surface area contributed by atoms with Crippen molar-refractivity contribution < 1.29 is 9.53 Å². The van der Waals surface area contributed by atoms with Crippen molar-refractivity contribution in [1.82, 2.24) is 9.97 Å². The monoisotopic (exact) mass is 362 g/mol. The van der Waals surface area contributed by atoms with E-state index in [4.69, 9.17) is 4.74 Å². The van der Waals surface area contributed by atoms with E-state index in [1.807, 2.05) is 48.5 Å². The van der Waals surface area contributed by atoms with Crippen LogP contribution >= 0.6 is 0 Å². The van der Waals surface area contributed by atoms with E-state index in [9.17, 15) is 4.79 Å². The van der Waals surface area contributed by atoms with Gasteiger partial charge in [0.05, 0.1) is 18.4 Å². The second-order valence-corrected chi connectivity index (χ2v) is 5.92. The first-order valence-electron chi connectivity index (χ1n) is 8.84. The highest BCUT2D eigenvalue weighted by Gasteiger charge is 2.13. The Labute approximate surface area is 158 Å². The van der Waals surface area contributed by atoms with Crippen LogP contribution in [0.3, 0.4) is 0 Å². The standard InChI is InChI=1S/C21H22N4O2/c1-3-13-22-18-14-19(25-20(24-18)15-9-5-4-6-10-15)23-17-12-8-7-11-16(17)21(26)27-2/h4-12,14H,3,13H2,1-2H3,(H2,22,23,24,25). The number of methoxy groups -OCH3 is 1. The molecule has 0 aliphatic heterocycles. The smallest absolute Gasteiger partial charge is 0.339 e. The summed E-state index contributed by atoms with van der Waals surface area (Å²) in [5.74, 6) is 1.53. The highest BCUT2D eigenvalue weighted by molar-refractivity contribution is 5.96. The molecule has 1 aromatic heterocycles. The first-order valence-corrected chi connectivity index (χ1v) is 8.84. The van der Waals surface area contributed by atoms with Crippen LogP contribution in [-0.4, -0.2) is 29.6 Å². The highest BCUT2D eigenvalue weighted by Crippen LogP contribution is 2.25. The number of nitrogens with zero attached hydrogens (tertiary/aromatic N) is 2. The topological polar surface area (TPSA) is 76.1 Å². The summed E-state index contributed by atoms with van der Waals surface area (Å²) in [6.45, 7) is 2.90. The second-order valence-electron chi connectivity index (χ2n) is 5.92. The third-order valence-electron chi connectivity index (χ3n) is 3.91. The van der Waals surface area contributed by atoms with Gasteiger partial charge < -0.3 is 15.4 Å². The minimum absolute atomic E-state index is 0.403. The van der Waals surface area contributed by atoms with Crippen LogP contribution in [0.4, 0.5) is 17.3 Å². The molecule has 6 nitrogen and oxygen atoms in total. The summed E-state index contributed by atoms with van der Waals surface area (Å²) in [6.07, 6.45) is 0.985. The zero-order valence-corrected chi connectivity index (χ0v) is 15.4. The van der Waals surface area contributed by atoms with Crippen molar-refractivity contribution in [3.05, 3.63) is 66.2 Å². The summed E-state index contributed by atoms with van der Waals surface area (Å²) in [5.41, 5.74) is 1.99. The Bertz CT molecular complexity index is 913. The molecule has 3 rings (SSSR count). The molecule has 0 radical (unpaired) electrons. The Morgan fingerprint density at radius 2 is 1.70 bits per heavy atom. The van der Waals surface area contributed by atoms with Crippen LogP contribution in [-0.2, 0) is 4.74 Å². The fourth-order valence-electron chi connectivity index (χ4n) is 2.59. The van der Waals surface area contributed by atoms with E-state index in [1.165, 1.54) is 7.11 Å². The van der Waals surface area contributed by atoms with Crippen LogP contribution in [0.1, 0.15) is 23.7 Å². The summed E-state index contributed by atoms with van der Waals surface area (Å²) < 4.78 is 4.86. The fourth-order valence-corrected chi connectivity index (χ4v) is 2.59. The highest BCUT2D eigenvalue weighted by atomic mass is 16.5. The Hall–Kier alpha value is -3.41. The number of aromatic nitrogens is 2. The van der Waals surface area contributed by atoms with Gasteiger partial charge in [0.2, 0.25) is 0 Å². The number of benzene rings is 2. The maximum absolute atomic E-state index is 12.0. The van der Waals surface area contributed by atoms with E-state index < -0.39 is 5.97 Å². The minimum Gasteiger partial charge on any atom is -0.465 e. The Morgan fingerprint density at radius 1 is 1.00 bits per heavy atom. The van der Waals surface area contributed by atoms with Crippen molar-refractivity contribution in [3.8, 4) is 11.4 Å². The maximum Gasteiger partial charge on any atom is 0.339 e. The number of para-hydroxylation sites is 1. The van der Waals surface area contributed by atoms with Crippen molar-refractivity contribution in [2.24, 2.45) is 0 Å². The molecule has 2 aromatic carbocycles. The van der Waals surface area contributed by atoms with Crippen LogP contribution in [0, 0.1) is 0 Å². The Balaban J connectivity index is 1.99. The van der Waals surface area contributed by atoms with Gasteiger partial charge in [-0.2, -0.15) is 0 Å². The number of ether oxygens (including phenoxy) is 1. The normalized spacial score (nSPS) is 10.3. The van der Waals surface area contributed by atoms with Gasteiger partial charge in [-0.25, -0.2) is 14.8 Å². The SMILES string of the molecule is CCCNc1cc(Nc2ccccc2C(=O)OC)nc(-c2ccccc2)n1. The molecule has 0 saturated carbocycles. The van der Waals surface area contributed by atoms with Crippen LogP contribution in [0.5, 0.6) is 0 Å². The molecule has 0 aliphatic rings. The molecule has 27 heavy (non-hydrogen) atoms. The Morgan fingerprint density at radius 3 is 2.44 bits per heavy atom. The lowest BCUT2D eigenvalue weighted by atomic mass is 10.2. The van der Waals surface area contributed by atoms with Gasteiger partial charge in [-0.1, -0.05) is 49.4 Å².